The van der Waals surface area contributed by atoms with Crippen molar-refractivity contribution in [2.24, 2.45) is 0 Å². The van der Waals surface area contributed by atoms with Crippen molar-refractivity contribution in [1.29, 1.82) is 0 Å². The molecule has 3 rings (SSSR count). The highest BCUT2D eigenvalue weighted by Gasteiger charge is 2.13. The second-order valence-corrected chi connectivity index (χ2v) is 6.41. The molecule has 1 aliphatic heterocycles. The summed E-state index contributed by atoms with van der Waals surface area (Å²) in [7, 11) is 0. The van der Waals surface area contributed by atoms with Gasteiger partial charge in [0.2, 0.25) is 5.91 Å². The number of amides is 2. The van der Waals surface area contributed by atoms with Gasteiger partial charge in [-0.05, 0) is 48.4 Å². The van der Waals surface area contributed by atoms with Crippen molar-refractivity contribution >= 4 is 23.5 Å². The van der Waals surface area contributed by atoms with E-state index in [0.29, 0.717) is 43.2 Å². The molecule has 8 nitrogen and oxygen atoms in total. The monoisotopic (exact) mass is 398 g/mol. The molecule has 0 saturated heterocycles. The highest BCUT2D eigenvalue weighted by atomic mass is 16.6. The van der Waals surface area contributed by atoms with Crippen LogP contribution in [0.15, 0.2) is 42.5 Å². The van der Waals surface area contributed by atoms with E-state index in [2.05, 4.69) is 10.6 Å². The fourth-order valence-electron chi connectivity index (χ4n) is 2.75. The molecule has 0 atom stereocenters. The smallest absolute Gasteiger partial charge is 0.338 e. The minimum Gasteiger partial charge on any atom is -0.486 e. The molecule has 29 heavy (non-hydrogen) atoms. The van der Waals surface area contributed by atoms with Crippen LogP contribution in [0.3, 0.4) is 0 Å². The SMILES string of the molecule is CC(=O)Nc1ccc(C(=O)OCC(=O)NCCc2ccc3c(c2)OCCO3)cc1. The predicted molar refractivity (Wildman–Crippen MR) is 105 cm³/mol. The molecule has 2 N–H and O–H groups in total. The molecule has 0 bridgehead atoms. The maximum atomic E-state index is 12.0. The molecule has 2 aromatic rings. The Kier molecular flexibility index (Phi) is 6.67. The number of rotatable bonds is 7. The molecule has 2 aromatic carbocycles. The number of carbonyl (C=O) groups excluding carboxylic acids is 3. The molecule has 1 heterocycles. The Balaban J connectivity index is 1.39. The summed E-state index contributed by atoms with van der Waals surface area (Å²) in [6.07, 6.45) is 0.612. The van der Waals surface area contributed by atoms with E-state index >= 15 is 0 Å². The molecule has 0 fully saturated rings. The zero-order valence-electron chi connectivity index (χ0n) is 16.0. The highest BCUT2D eigenvalue weighted by Crippen LogP contribution is 2.30. The minimum absolute atomic E-state index is 0.201. The van der Waals surface area contributed by atoms with Crippen molar-refractivity contribution in [3.05, 3.63) is 53.6 Å². The van der Waals surface area contributed by atoms with Crippen LogP contribution in [-0.4, -0.2) is 44.1 Å². The van der Waals surface area contributed by atoms with Gasteiger partial charge in [0.25, 0.3) is 5.91 Å². The van der Waals surface area contributed by atoms with Gasteiger partial charge in [-0.2, -0.15) is 0 Å². The fraction of sp³-hybridized carbons (Fsp3) is 0.286. The van der Waals surface area contributed by atoms with Gasteiger partial charge in [0.15, 0.2) is 18.1 Å². The summed E-state index contributed by atoms with van der Waals surface area (Å²) in [5.41, 5.74) is 1.87. The summed E-state index contributed by atoms with van der Waals surface area (Å²) < 4.78 is 16.0. The van der Waals surface area contributed by atoms with Gasteiger partial charge in [-0.3, -0.25) is 9.59 Å². The molecule has 2 amide bonds. The lowest BCUT2D eigenvalue weighted by molar-refractivity contribution is -0.124. The van der Waals surface area contributed by atoms with Crippen LogP contribution in [0.25, 0.3) is 0 Å². The first-order valence-electron chi connectivity index (χ1n) is 9.21. The average molecular weight is 398 g/mol. The van der Waals surface area contributed by atoms with Gasteiger partial charge in [-0.15, -0.1) is 0 Å². The summed E-state index contributed by atoms with van der Waals surface area (Å²) in [6.45, 7) is 2.50. The minimum atomic E-state index is -0.610. The molecular weight excluding hydrogens is 376 g/mol. The number of nitrogens with one attached hydrogen (secondary N) is 2. The van der Waals surface area contributed by atoms with E-state index in [0.717, 1.165) is 11.3 Å². The number of esters is 1. The third-order valence-electron chi connectivity index (χ3n) is 4.12. The second-order valence-electron chi connectivity index (χ2n) is 6.41. The van der Waals surface area contributed by atoms with Crippen LogP contribution in [0, 0.1) is 0 Å². The van der Waals surface area contributed by atoms with E-state index in [1.54, 1.807) is 12.1 Å². The molecular formula is C21H22N2O6. The Morgan fingerprint density at radius 1 is 1.00 bits per heavy atom. The number of hydrogen-bond donors (Lipinski definition) is 2. The Labute approximate surface area is 168 Å². The fourth-order valence-corrected chi connectivity index (χ4v) is 2.75. The first-order valence-corrected chi connectivity index (χ1v) is 9.21. The lowest BCUT2D eigenvalue weighted by Gasteiger charge is -2.18. The van der Waals surface area contributed by atoms with Crippen LogP contribution in [0.1, 0.15) is 22.8 Å². The Morgan fingerprint density at radius 2 is 1.72 bits per heavy atom. The number of ether oxygens (including phenoxy) is 3. The third kappa shape index (κ3) is 5.97. The summed E-state index contributed by atoms with van der Waals surface area (Å²) in [5.74, 6) is 0.236. The maximum absolute atomic E-state index is 12.0. The van der Waals surface area contributed by atoms with E-state index < -0.39 is 5.97 Å². The number of benzene rings is 2. The Morgan fingerprint density at radius 3 is 2.45 bits per heavy atom. The Hall–Kier alpha value is -3.55. The molecule has 0 unspecified atom stereocenters. The first kappa shape index (κ1) is 20.2. The van der Waals surface area contributed by atoms with Crippen LogP contribution >= 0.6 is 0 Å². The summed E-state index contributed by atoms with van der Waals surface area (Å²) in [4.78, 5) is 34.9. The van der Waals surface area contributed by atoms with Crippen LogP contribution in [0.5, 0.6) is 11.5 Å². The van der Waals surface area contributed by atoms with Gasteiger partial charge in [0.1, 0.15) is 13.2 Å². The topological polar surface area (TPSA) is 103 Å². The van der Waals surface area contributed by atoms with Gasteiger partial charge >= 0.3 is 5.97 Å². The standard InChI is InChI=1S/C21H22N2O6/c1-14(24)23-17-5-3-16(4-6-17)21(26)29-13-20(25)22-9-8-15-2-7-18-19(12-15)28-11-10-27-18/h2-7,12H,8-11,13H2,1H3,(H,22,25)(H,23,24). The molecule has 0 spiro atoms. The summed E-state index contributed by atoms with van der Waals surface area (Å²) in [6, 6.07) is 11.9. The zero-order chi connectivity index (χ0) is 20.6. The number of anilines is 1. The highest BCUT2D eigenvalue weighted by molar-refractivity contribution is 5.93. The normalized spacial score (nSPS) is 12.0. The van der Waals surface area contributed by atoms with Gasteiger partial charge in [-0.1, -0.05) is 6.07 Å². The first-order chi connectivity index (χ1) is 14.0. The molecule has 8 heteroatoms. The van der Waals surface area contributed by atoms with Gasteiger partial charge in [0.05, 0.1) is 5.56 Å². The quantitative estimate of drug-likeness (QED) is 0.691. The number of carbonyl (C=O) groups is 3. The van der Waals surface area contributed by atoms with Crippen molar-refractivity contribution in [2.75, 3.05) is 31.7 Å². The van der Waals surface area contributed by atoms with Crippen LogP contribution in [-0.2, 0) is 20.7 Å². The predicted octanol–water partition coefficient (Wildman–Crippen LogP) is 1.93. The molecule has 0 saturated carbocycles. The lowest BCUT2D eigenvalue weighted by atomic mass is 10.1. The van der Waals surface area contributed by atoms with Crippen molar-refractivity contribution in [2.45, 2.75) is 13.3 Å². The summed E-state index contributed by atoms with van der Waals surface area (Å²) >= 11 is 0. The zero-order valence-corrected chi connectivity index (χ0v) is 16.0. The van der Waals surface area contributed by atoms with Gasteiger partial charge in [0, 0.05) is 19.2 Å². The second kappa shape index (κ2) is 9.59. The van der Waals surface area contributed by atoms with Gasteiger partial charge in [-0.25, -0.2) is 4.79 Å². The molecule has 0 radical (unpaired) electrons. The molecule has 152 valence electrons. The van der Waals surface area contributed by atoms with E-state index in [9.17, 15) is 14.4 Å². The largest absolute Gasteiger partial charge is 0.486 e. The molecule has 0 aromatic heterocycles. The third-order valence-corrected chi connectivity index (χ3v) is 4.12. The van der Waals surface area contributed by atoms with E-state index in [4.69, 9.17) is 14.2 Å². The molecule has 1 aliphatic rings. The van der Waals surface area contributed by atoms with Crippen molar-refractivity contribution < 1.29 is 28.6 Å². The van der Waals surface area contributed by atoms with E-state index in [-0.39, 0.29) is 18.4 Å². The number of hydrogen-bond acceptors (Lipinski definition) is 6. The Bertz CT molecular complexity index is 895. The van der Waals surface area contributed by atoms with Crippen LogP contribution < -0.4 is 20.1 Å². The molecule has 0 aliphatic carbocycles. The summed E-state index contributed by atoms with van der Waals surface area (Å²) in [5, 5.41) is 5.32. The van der Waals surface area contributed by atoms with Crippen molar-refractivity contribution in [3.63, 3.8) is 0 Å². The average Bonchev–Trinajstić information content (AvgIpc) is 2.72. The lowest BCUT2D eigenvalue weighted by Crippen LogP contribution is -2.30. The van der Waals surface area contributed by atoms with Gasteiger partial charge < -0.3 is 24.8 Å². The number of fused-ring (bicyclic) bond motifs is 1. The maximum Gasteiger partial charge on any atom is 0.338 e. The van der Waals surface area contributed by atoms with Crippen molar-refractivity contribution in [3.8, 4) is 11.5 Å². The van der Waals surface area contributed by atoms with E-state index in [1.807, 2.05) is 18.2 Å². The van der Waals surface area contributed by atoms with Crippen molar-refractivity contribution in [1.82, 2.24) is 5.32 Å². The van der Waals surface area contributed by atoms with Crippen LogP contribution in [0.4, 0.5) is 5.69 Å². The van der Waals surface area contributed by atoms with Crippen LogP contribution in [0.2, 0.25) is 0 Å². The van der Waals surface area contributed by atoms with E-state index in [1.165, 1.54) is 19.1 Å².